The molecule has 0 saturated carbocycles. The second-order valence-corrected chi connectivity index (χ2v) is 6.80. The molecular formula is C19H26N2O2. The summed E-state index contributed by atoms with van der Waals surface area (Å²) in [5, 5.41) is 1.15. The van der Waals surface area contributed by atoms with Crippen molar-refractivity contribution in [3.05, 3.63) is 34.5 Å². The zero-order valence-corrected chi connectivity index (χ0v) is 14.5. The molecule has 0 aliphatic carbocycles. The molecule has 1 saturated heterocycles. The van der Waals surface area contributed by atoms with E-state index in [9.17, 15) is 4.79 Å². The van der Waals surface area contributed by atoms with Crippen LogP contribution in [0.2, 0.25) is 0 Å². The maximum Gasteiger partial charge on any atom is 0.270 e. The molecular weight excluding hydrogens is 288 g/mol. The number of aromatic amines is 1. The standard InChI is InChI=1S/C19H26N2O2/c1-12-9-13(2)17-16(10-12)14(3)18(20-17)19(22)21(4)11-15-7-5-6-8-23-15/h9-10,15,20H,5-8,11H2,1-4H3/t15-/m0/s1. The Kier molecular flexibility index (Phi) is 4.44. The quantitative estimate of drug-likeness (QED) is 0.938. The Morgan fingerprint density at radius 2 is 2.09 bits per heavy atom. The van der Waals surface area contributed by atoms with Crippen molar-refractivity contribution in [1.29, 1.82) is 0 Å². The lowest BCUT2D eigenvalue weighted by atomic mass is 10.1. The first-order valence-corrected chi connectivity index (χ1v) is 8.44. The number of amides is 1. The van der Waals surface area contributed by atoms with Gasteiger partial charge in [0.05, 0.1) is 6.10 Å². The Hall–Kier alpha value is -1.81. The lowest BCUT2D eigenvalue weighted by Gasteiger charge is -2.27. The van der Waals surface area contributed by atoms with E-state index >= 15 is 0 Å². The number of nitrogens with one attached hydrogen (secondary N) is 1. The van der Waals surface area contributed by atoms with Gasteiger partial charge in [0.2, 0.25) is 0 Å². The number of aryl methyl sites for hydroxylation is 3. The molecule has 1 aliphatic heterocycles. The van der Waals surface area contributed by atoms with Gasteiger partial charge in [0.15, 0.2) is 0 Å². The number of rotatable bonds is 3. The number of H-pyrrole nitrogens is 1. The normalized spacial score (nSPS) is 18.3. The predicted octanol–water partition coefficient (Wildman–Crippen LogP) is 3.73. The number of nitrogens with zero attached hydrogens (tertiary/aromatic N) is 1. The van der Waals surface area contributed by atoms with Gasteiger partial charge in [-0.15, -0.1) is 0 Å². The Labute approximate surface area is 137 Å². The van der Waals surface area contributed by atoms with E-state index in [-0.39, 0.29) is 12.0 Å². The second-order valence-electron chi connectivity index (χ2n) is 6.80. The molecule has 1 fully saturated rings. The minimum atomic E-state index is 0.0462. The molecule has 4 nitrogen and oxygen atoms in total. The fourth-order valence-corrected chi connectivity index (χ4v) is 3.53. The van der Waals surface area contributed by atoms with Crippen LogP contribution in [0.5, 0.6) is 0 Å². The summed E-state index contributed by atoms with van der Waals surface area (Å²) in [5.41, 5.74) is 5.21. The van der Waals surface area contributed by atoms with Crippen LogP contribution in [-0.2, 0) is 4.74 Å². The Morgan fingerprint density at radius 3 is 2.78 bits per heavy atom. The highest BCUT2D eigenvalue weighted by atomic mass is 16.5. The van der Waals surface area contributed by atoms with Gasteiger partial charge in [-0.25, -0.2) is 0 Å². The Morgan fingerprint density at radius 1 is 1.30 bits per heavy atom. The highest BCUT2D eigenvalue weighted by Crippen LogP contribution is 2.27. The van der Waals surface area contributed by atoms with E-state index in [0.717, 1.165) is 35.9 Å². The number of ether oxygens (including phenoxy) is 1. The smallest absolute Gasteiger partial charge is 0.270 e. The van der Waals surface area contributed by atoms with Crippen molar-refractivity contribution in [1.82, 2.24) is 9.88 Å². The van der Waals surface area contributed by atoms with Crippen LogP contribution in [0.3, 0.4) is 0 Å². The van der Waals surface area contributed by atoms with Crippen molar-refractivity contribution < 1.29 is 9.53 Å². The lowest BCUT2D eigenvalue weighted by molar-refractivity contribution is -0.000287. The zero-order valence-electron chi connectivity index (χ0n) is 14.5. The molecule has 1 aliphatic rings. The first kappa shape index (κ1) is 16.1. The number of likely N-dealkylation sites (N-methyl/N-ethyl adjacent to an activating group) is 1. The molecule has 2 heterocycles. The average molecular weight is 314 g/mol. The monoisotopic (exact) mass is 314 g/mol. The van der Waals surface area contributed by atoms with E-state index in [1.54, 1.807) is 4.90 Å². The largest absolute Gasteiger partial charge is 0.376 e. The average Bonchev–Trinajstić information content (AvgIpc) is 2.85. The molecule has 1 atom stereocenters. The molecule has 3 rings (SSSR count). The summed E-state index contributed by atoms with van der Waals surface area (Å²) in [7, 11) is 1.86. The molecule has 124 valence electrons. The predicted molar refractivity (Wildman–Crippen MR) is 93.1 cm³/mol. The first-order chi connectivity index (χ1) is 11.0. The zero-order chi connectivity index (χ0) is 16.6. The molecule has 4 heteroatoms. The highest BCUT2D eigenvalue weighted by molar-refractivity contribution is 6.01. The molecule has 0 radical (unpaired) electrons. The van der Waals surface area contributed by atoms with Crippen LogP contribution in [-0.4, -0.2) is 42.1 Å². The van der Waals surface area contributed by atoms with E-state index in [4.69, 9.17) is 4.74 Å². The van der Waals surface area contributed by atoms with Gasteiger partial charge >= 0.3 is 0 Å². The van der Waals surface area contributed by atoms with Crippen molar-refractivity contribution in [2.75, 3.05) is 20.2 Å². The third kappa shape index (κ3) is 3.13. The maximum atomic E-state index is 12.8. The molecule has 1 aromatic heterocycles. The molecule has 1 aromatic carbocycles. The summed E-state index contributed by atoms with van der Waals surface area (Å²) in [5.74, 6) is 0.0462. The van der Waals surface area contributed by atoms with Gasteiger partial charge in [-0.05, 0) is 57.2 Å². The van der Waals surface area contributed by atoms with Gasteiger partial charge in [0.1, 0.15) is 5.69 Å². The van der Waals surface area contributed by atoms with Crippen molar-refractivity contribution >= 4 is 16.8 Å². The lowest BCUT2D eigenvalue weighted by Crippen LogP contribution is -2.37. The number of benzene rings is 1. The minimum absolute atomic E-state index is 0.0462. The van der Waals surface area contributed by atoms with E-state index in [1.165, 1.54) is 17.5 Å². The van der Waals surface area contributed by atoms with Crippen LogP contribution < -0.4 is 0 Å². The van der Waals surface area contributed by atoms with Gasteiger partial charge in [-0.3, -0.25) is 4.79 Å². The topological polar surface area (TPSA) is 45.3 Å². The summed E-state index contributed by atoms with van der Waals surface area (Å²) < 4.78 is 5.75. The second kappa shape index (κ2) is 6.36. The van der Waals surface area contributed by atoms with Gasteiger partial charge < -0.3 is 14.6 Å². The van der Waals surface area contributed by atoms with Gasteiger partial charge in [0.25, 0.3) is 5.91 Å². The number of hydrogen-bond acceptors (Lipinski definition) is 2. The van der Waals surface area contributed by atoms with E-state index in [2.05, 4.69) is 31.0 Å². The van der Waals surface area contributed by atoms with Crippen molar-refractivity contribution in [2.24, 2.45) is 0 Å². The van der Waals surface area contributed by atoms with Gasteiger partial charge in [-0.1, -0.05) is 11.6 Å². The number of carbonyl (C=O) groups excluding carboxylic acids is 1. The van der Waals surface area contributed by atoms with E-state index < -0.39 is 0 Å². The van der Waals surface area contributed by atoms with Crippen molar-refractivity contribution in [3.63, 3.8) is 0 Å². The SMILES string of the molecule is Cc1cc(C)c2[nH]c(C(=O)N(C)C[C@@H]3CCCCO3)c(C)c2c1. The molecule has 2 aromatic rings. The number of aromatic nitrogens is 1. The number of fused-ring (bicyclic) bond motifs is 1. The summed E-state index contributed by atoms with van der Waals surface area (Å²) in [4.78, 5) is 18.0. The molecule has 0 unspecified atom stereocenters. The van der Waals surface area contributed by atoms with Crippen LogP contribution in [0.1, 0.15) is 46.4 Å². The third-order valence-electron chi connectivity index (χ3n) is 4.82. The molecule has 0 bridgehead atoms. The van der Waals surface area contributed by atoms with Crippen molar-refractivity contribution in [2.45, 2.75) is 46.1 Å². The van der Waals surface area contributed by atoms with E-state index in [0.29, 0.717) is 12.2 Å². The molecule has 0 spiro atoms. The summed E-state index contributed by atoms with van der Waals surface area (Å²) in [6.45, 7) is 7.67. The summed E-state index contributed by atoms with van der Waals surface area (Å²) in [6, 6.07) is 4.29. The van der Waals surface area contributed by atoms with Crippen LogP contribution in [0.25, 0.3) is 10.9 Å². The number of hydrogen-bond donors (Lipinski definition) is 1. The van der Waals surface area contributed by atoms with Crippen LogP contribution in [0.4, 0.5) is 0 Å². The fraction of sp³-hybridized carbons (Fsp3) is 0.526. The van der Waals surface area contributed by atoms with Crippen LogP contribution in [0.15, 0.2) is 12.1 Å². The summed E-state index contributed by atoms with van der Waals surface area (Å²) >= 11 is 0. The van der Waals surface area contributed by atoms with Gasteiger partial charge in [0, 0.05) is 31.1 Å². The number of carbonyl (C=O) groups is 1. The van der Waals surface area contributed by atoms with Gasteiger partial charge in [-0.2, -0.15) is 0 Å². The maximum absolute atomic E-state index is 12.8. The minimum Gasteiger partial charge on any atom is -0.376 e. The Balaban J connectivity index is 1.85. The Bertz CT molecular complexity index is 727. The van der Waals surface area contributed by atoms with Crippen LogP contribution >= 0.6 is 0 Å². The van der Waals surface area contributed by atoms with E-state index in [1.807, 2.05) is 14.0 Å². The van der Waals surface area contributed by atoms with Crippen molar-refractivity contribution in [3.8, 4) is 0 Å². The molecule has 23 heavy (non-hydrogen) atoms. The fourth-order valence-electron chi connectivity index (χ4n) is 3.53. The highest BCUT2D eigenvalue weighted by Gasteiger charge is 2.23. The van der Waals surface area contributed by atoms with Crippen LogP contribution in [0, 0.1) is 20.8 Å². The summed E-state index contributed by atoms with van der Waals surface area (Å²) in [6.07, 6.45) is 3.54. The molecule has 1 N–H and O–H groups in total. The molecule has 1 amide bonds. The first-order valence-electron chi connectivity index (χ1n) is 8.44. The third-order valence-corrected chi connectivity index (χ3v) is 4.82.